The van der Waals surface area contributed by atoms with Gasteiger partial charge in [0.1, 0.15) is 11.2 Å². The maximum absolute atomic E-state index is 6.75. The molecule has 284 valence electrons. The average molecular weight is 797 g/mol. The Morgan fingerprint density at radius 1 is 0.377 bits per heavy atom. The lowest BCUT2D eigenvalue weighted by atomic mass is 9.97. The maximum atomic E-state index is 6.75. The first kappa shape index (κ1) is 34.0. The van der Waals surface area contributed by atoms with E-state index in [1.807, 2.05) is 30.3 Å². The van der Waals surface area contributed by atoms with Crippen molar-refractivity contribution in [3.8, 4) is 51.0 Å². The standard InChI is InChI=1S/C55H32N4OS/c1-2-13-33(14-3-1)53-56-54(58-55(57-53)37-25-27-41-40-19-8-11-24-50(40)61-51(41)32-37)36-26-28-47(45(30-36)43-21-12-20-42-39-18-7-10-23-49(39)60-52(42)43)59-46-22-9-6-17-38(46)44-29-34-15-4-5-16-35(34)31-48(44)59/h1-32H. The van der Waals surface area contributed by atoms with Crippen LogP contribution in [0.2, 0.25) is 0 Å². The zero-order valence-electron chi connectivity index (χ0n) is 32.6. The lowest BCUT2D eigenvalue weighted by Gasteiger charge is -2.16. The molecule has 61 heavy (non-hydrogen) atoms. The molecule has 0 amide bonds. The molecule has 0 unspecified atom stereocenters. The van der Waals surface area contributed by atoms with E-state index in [2.05, 4.69) is 168 Å². The number of nitrogens with zero attached hydrogens (tertiary/aromatic N) is 4. The Kier molecular flexibility index (Phi) is 7.41. The van der Waals surface area contributed by atoms with E-state index in [0.29, 0.717) is 17.5 Å². The molecule has 0 saturated carbocycles. The summed E-state index contributed by atoms with van der Waals surface area (Å²) in [6, 6.07) is 68.6. The van der Waals surface area contributed by atoms with Crippen molar-refractivity contribution in [1.29, 1.82) is 0 Å². The van der Waals surface area contributed by atoms with Crippen LogP contribution in [0.1, 0.15) is 0 Å². The van der Waals surface area contributed by atoms with Gasteiger partial charge in [-0.15, -0.1) is 11.3 Å². The topological polar surface area (TPSA) is 56.7 Å². The number of benzene rings is 9. The van der Waals surface area contributed by atoms with Crippen molar-refractivity contribution in [2.24, 2.45) is 0 Å². The Labute approximate surface area is 353 Å². The van der Waals surface area contributed by atoms with Crippen LogP contribution in [0.3, 0.4) is 0 Å². The number of furan rings is 1. The summed E-state index contributed by atoms with van der Waals surface area (Å²) in [7, 11) is 0. The summed E-state index contributed by atoms with van der Waals surface area (Å²) < 4.78 is 11.6. The highest BCUT2D eigenvalue weighted by molar-refractivity contribution is 7.25. The van der Waals surface area contributed by atoms with Gasteiger partial charge in [-0.05, 0) is 65.4 Å². The maximum Gasteiger partial charge on any atom is 0.164 e. The lowest BCUT2D eigenvalue weighted by molar-refractivity contribution is 0.670. The number of hydrogen-bond acceptors (Lipinski definition) is 5. The molecule has 4 aromatic heterocycles. The molecule has 9 aromatic carbocycles. The monoisotopic (exact) mass is 796 g/mol. The minimum atomic E-state index is 0.595. The van der Waals surface area contributed by atoms with Crippen LogP contribution in [0.25, 0.3) is 126 Å². The first-order valence-corrected chi connectivity index (χ1v) is 21.2. The van der Waals surface area contributed by atoms with E-state index in [1.54, 1.807) is 11.3 Å². The molecule has 13 aromatic rings. The Hall–Kier alpha value is -7.93. The smallest absolute Gasteiger partial charge is 0.164 e. The Balaban J connectivity index is 1.09. The van der Waals surface area contributed by atoms with Crippen molar-refractivity contribution in [1.82, 2.24) is 19.5 Å². The van der Waals surface area contributed by atoms with Crippen molar-refractivity contribution < 1.29 is 4.42 Å². The van der Waals surface area contributed by atoms with Crippen LogP contribution in [0.5, 0.6) is 0 Å². The fourth-order valence-electron chi connectivity index (χ4n) is 9.18. The summed E-state index contributed by atoms with van der Waals surface area (Å²) in [6.45, 7) is 0. The van der Waals surface area contributed by atoms with Gasteiger partial charge in [0.2, 0.25) is 0 Å². The van der Waals surface area contributed by atoms with Crippen molar-refractivity contribution in [2.45, 2.75) is 0 Å². The largest absolute Gasteiger partial charge is 0.455 e. The average Bonchev–Trinajstić information content (AvgIpc) is 4.00. The van der Waals surface area contributed by atoms with Crippen molar-refractivity contribution in [3.05, 3.63) is 194 Å². The van der Waals surface area contributed by atoms with Crippen molar-refractivity contribution >= 4 is 86.0 Å². The van der Waals surface area contributed by atoms with Gasteiger partial charge in [-0.3, -0.25) is 0 Å². The molecule has 0 spiro atoms. The quantitative estimate of drug-likeness (QED) is 0.174. The molecule has 0 aliphatic heterocycles. The Morgan fingerprint density at radius 2 is 1.02 bits per heavy atom. The van der Waals surface area contributed by atoms with Gasteiger partial charge < -0.3 is 8.98 Å². The van der Waals surface area contributed by atoms with Crippen LogP contribution in [0.15, 0.2) is 199 Å². The molecule has 13 rings (SSSR count). The summed E-state index contributed by atoms with van der Waals surface area (Å²) in [4.78, 5) is 15.6. The number of para-hydroxylation sites is 3. The van der Waals surface area contributed by atoms with E-state index in [0.717, 1.165) is 66.5 Å². The molecule has 5 nitrogen and oxygen atoms in total. The van der Waals surface area contributed by atoms with Gasteiger partial charge in [0.05, 0.1) is 16.7 Å². The summed E-state index contributed by atoms with van der Waals surface area (Å²) in [5.41, 5.74) is 9.74. The van der Waals surface area contributed by atoms with E-state index >= 15 is 0 Å². The van der Waals surface area contributed by atoms with Crippen LogP contribution in [0.4, 0.5) is 0 Å². The van der Waals surface area contributed by atoms with E-state index in [4.69, 9.17) is 19.4 Å². The summed E-state index contributed by atoms with van der Waals surface area (Å²) in [6.07, 6.45) is 0. The summed E-state index contributed by atoms with van der Waals surface area (Å²) in [5.74, 6) is 1.84. The molecular formula is C55H32N4OS. The third kappa shape index (κ3) is 5.36. The van der Waals surface area contributed by atoms with E-state index < -0.39 is 0 Å². The molecule has 0 aliphatic rings. The van der Waals surface area contributed by atoms with Crippen molar-refractivity contribution in [3.63, 3.8) is 0 Å². The van der Waals surface area contributed by atoms with Gasteiger partial charge in [-0.2, -0.15) is 0 Å². The predicted molar refractivity (Wildman–Crippen MR) is 254 cm³/mol. The van der Waals surface area contributed by atoms with E-state index in [9.17, 15) is 0 Å². The van der Waals surface area contributed by atoms with Gasteiger partial charge in [-0.25, -0.2) is 15.0 Å². The molecule has 4 heterocycles. The molecule has 0 bridgehead atoms. The third-order valence-electron chi connectivity index (χ3n) is 12.0. The zero-order valence-corrected chi connectivity index (χ0v) is 33.4. The molecular weight excluding hydrogens is 765 g/mol. The number of rotatable bonds is 5. The highest BCUT2D eigenvalue weighted by atomic mass is 32.1. The van der Waals surface area contributed by atoms with Crippen LogP contribution in [-0.2, 0) is 0 Å². The fraction of sp³-hybridized carbons (Fsp3) is 0. The minimum Gasteiger partial charge on any atom is -0.455 e. The second-order valence-corrected chi connectivity index (χ2v) is 16.6. The van der Waals surface area contributed by atoms with Gasteiger partial charge in [0.15, 0.2) is 17.5 Å². The molecule has 0 N–H and O–H groups in total. The third-order valence-corrected chi connectivity index (χ3v) is 13.2. The number of thiophene rings is 1. The SMILES string of the molecule is c1ccc(-c2nc(-c3ccc(-n4c5ccccc5c5cc6ccccc6cc54)c(-c4cccc5c4oc4ccccc45)c3)nc(-c3ccc4c(c3)sc3ccccc34)n2)cc1. The Bertz CT molecular complexity index is 3900. The van der Waals surface area contributed by atoms with Crippen LogP contribution in [-0.4, -0.2) is 19.5 Å². The highest BCUT2D eigenvalue weighted by Crippen LogP contribution is 2.43. The van der Waals surface area contributed by atoms with E-state index in [1.165, 1.54) is 41.7 Å². The molecule has 0 saturated heterocycles. The van der Waals surface area contributed by atoms with Crippen LogP contribution < -0.4 is 0 Å². The predicted octanol–water partition coefficient (Wildman–Crippen LogP) is 15.1. The first-order valence-electron chi connectivity index (χ1n) is 20.4. The number of hydrogen-bond donors (Lipinski definition) is 0. The van der Waals surface area contributed by atoms with Crippen LogP contribution in [0, 0.1) is 0 Å². The number of aromatic nitrogens is 4. The summed E-state index contributed by atoms with van der Waals surface area (Å²) in [5, 5.41) is 9.47. The second-order valence-electron chi connectivity index (χ2n) is 15.6. The van der Waals surface area contributed by atoms with Gasteiger partial charge in [0, 0.05) is 69.5 Å². The van der Waals surface area contributed by atoms with Crippen LogP contribution >= 0.6 is 11.3 Å². The first-order chi connectivity index (χ1) is 30.2. The normalized spacial score (nSPS) is 11.9. The molecule has 0 fully saturated rings. The Morgan fingerprint density at radius 3 is 1.87 bits per heavy atom. The minimum absolute atomic E-state index is 0.595. The molecule has 0 aliphatic carbocycles. The molecule has 0 atom stereocenters. The number of fused-ring (bicyclic) bond motifs is 10. The molecule has 0 radical (unpaired) electrons. The fourth-order valence-corrected chi connectivity index (χ4v) is 10.3. The van der Waals surface area contributed by atoms with Gasteiger partial charge in [0.25, 0.3) is 0 Å². The van der Waals surface area contributed by atoms with Crippen molar-refractivity contribution in [2.75, 3.05) is 0 Å². The van der Waals surface area contributed by atoms with E-state index in [-0.39, 0.29) is 0 Å². The molecule has 6 heteroatoms. The van der Waals surface area contributed by atoms with Gasteiger partial charge in [-0.1, -0.05) is 140 Å². The lowest BCUT2D eigenvalue weighted by Crippen LogP contribution is -2.02. The zero-order chi connectivity index (χ0) is 40.0. The second kappa shape index (κ2) is 13.3. The highest BCUT2D eigenvalue weighted by Gasteiger charge is 2.22. The summed E-state index contributed by atoms with van der Waals surface area (Å²) >= 11 is 1.79. The van der Waals surface area contributed by atoms with Gasteiger partial charge >= 0.3 is 0 Å².